The van der Waals surface area contributed by atoms with Crippen molar-refractivity contribution in [3.05, 3.63) is 29.8 Å². The van der Waals surface area contributed by atoms with Gasteiger partial charge < -0.3 is 10.6 Å². The molecule has 1 saturated heterocycles. The molecule has 1 aliphatic heterocycles. The molecule has 6 nitrogen and oxygen atoms in total. The molecule has 2 N–H and O–H groups in total. The van der Waals surface area contributed by atoms with Crippen LogP contribution in [-0.2, 0) is 10.0 Å². The average Bonchev–Trinajstić information content (AvgIpc) is 2.41. The summed E-state index contributed by atoms with van der Waals surface area (Å²) in [7, 11) is -3.20. The van der Waals surface area contributed by atoms with Crippen molar-refractivity contribution in [3.63, 3.8) is 0 Å². The molecule has 1 aliphatic rings. The molecule has 0 spiro atoms. The number of sulfonamides is 1. The highest BCUT2D eigenvalue weighted by atomic mass is 32.2. The van der Waals surface area contributed by atoms with Crippen LogP contribution in [0.5, 0.6) is 0 Å². The second-order valence-corrected chi connectivity index (χ2v) is 7.41. The van der Waals surface area contributed by atoms with E-state index < -0.39 is 10.0 Å². The maximum atomic E-state index is 11.9. The van der Waals surface area contributed by atoms with E-state index in [4.69, 9.17) is 0 Å². The van der Waals surface area contributed by atoms with Crippen molar-refractivity contribution in [2.75, 3.05) is 24.7 Å². The lowest BCUT2D eigenvalue weighted by atomic mass is 10.1. The molecule has 1 aromatic carbocycles. The van der Waals surface area contributed by atoms with Crippen molar-refractivity contribution in [3.8, 4) is 0 Å². The van der Waals surface area contributed by atoms with E-state index in [1.165, 1.54) is 10.6 Å². The lowest BCUT2D eigenvalue weighted by molar-refractivity contribution is 0.236. The van der Waals surface area contributed by atoms with Gasteiger partial charge in [0.05, 0.1) is 6.26 Å². The summed E-state index contributed by atoms with van der Waals surface area (Å²) in [5.41, 5.74) is 1.84. The molecule has 1 heterocycles. The number of aryl methyl sites for hydroxylation is 1. The van der Waals surface area contributed by atoms with Crippen LogP contribution in [0.25, 0.3) is 0 Å². The maximum Gasteiger partial charge on any atom is 0.319 e. The van der Waals surface area contributed by atoms with Gasteiger partial charge in [-0.3, -0.25) is 0 Å². The summed E-state index contributed by atoms with van der Waals surface area (Å²) >= 11 is 0. The van der Waals surface area contributed by atoms with Gasteiger partial charge in [-0.05, 0) is 31.9 Å². The highest BCUT2D eigenvalue weighted by Crippen LogP contribution is 2.14. The second kappa shape index (κ2) is 6.44. The molecule has 1 aromatic rings. The van der Waals surface area contributed by atoms with Crippen molar-refractivity contribution < 1.29 is 13.2 Å². The van der Waals surface area contributed by atoms with E-state index in [9.17, 15) is 13.2 Å². The molecule has 0 aliphatic carbocycles. The SMILES string of the molecule is Cc1ccc(NC(=O)N[C@@H]2CCCN(S(C)(=O)=O)C2)cc1. The van der Waals surface area contributed by atoms with Crippen molar-refractivity contribution in [1.29, 1.82) is 0 Å². The molecule has 2 rings (SSSR count). The standard InChI is InChI=1S/C14H21N3O3S/c1-11-5-7-12(8-6-11)15-14(18)16-13-4-3-9-17(10-13)21(2,19)20/h5-8,13H,3-4,9-10H2,1-2H3,(H2,15,16,18)/t13-/m1/s1. The Kier molecular flexibility index (Phi) is 4.84. The summed E-state index contributed by atoms with van der Waals surface area (Å²) in [6.45, 7) is 2.84. The van der Waals surface area contributed by atoms with Crippen LogP contribution in [0, 0.1) is 6.92 Å². The number of rotatable bonds is 3. The number of benzene rings is 1. The summed E-state index contributed by atoms with van der Waals surface area (Å²) in [5, 5.41) is 5.58. The molecule has 21 heavy (non-hydrogen) atoms. The number of piperidine rings is 1. The van der Waals surface area contributed by atoms with Crippen LogP contribution in [-0.4, -0.2) is 44.1 Å². The average molecular weight is 311 g/mol. The van der Waals surface area contributed by atoms with Gasteiger partial charge in [-0.1, -0.05) is 17.7 Å². The molecule has 0 unspecified atom stereocenters. The maximum absolute atomic E-state index is 11.9. The zero-order valence-electron chi connectivity index (χ0n) is 12.3. The van der Waals surface area contributed by atoms with Crippen LogP contribution in [0.15, 0.2) is 24.3 Å². The molecule has 0 saturated carbocycles. The fraction of sp³-hybridized carbons (Fsp3) is 0.500. The van der Waals surface area contributed by atoms with Gasteiger partial charge in [0.15, 0.2) is 0 Å². The Bertz CT molecular complexity index is 598. The Hall–Kier alpha value is -1.60. The minimum Gasteiger partial charge on any atom is -0.334 e. The summed E-state index contributed by atoms with van der Waals surface area (Å²) in [5.74, 6) is 0. The number of nitrogens with one attached hydrogen (secondary N) is 2. The fourth-order valence-electron chi connectivity index (χ4n) is 2.35. The Labute approximate surface area is 125 Å². The van der Waals surface area contributed by atoms with Crippen LogP contribution in [0.4, 0.5) is 10.5 Å². The topological polar surface area (TPSA) is 78.5 Å². The van der Waals surface area contributed by atoms with E-state index in [0.29, 0.717) is 18.8 Å². The summed E-state index contributed by atoms with van der Waals surface area (Å²) in [6.07, 6.45) is 2.73. The monoisotopic (exact) mass is 311 g/mol. The van der Waals surface area contributed by atoms with E-state index in [1.54, 1.807) is 0 Å². The highest BCUT2D eigenvalue weighted by Gasteiger charge is 2.26. The normalized spacial score (nSPS) is 20.0. The first-order valence-corrected chi connectivity index (χ1v) is 8.79. The minimum absolute atomic E-state index is 0.154. The quantitative estimate of drug-likeness (QED) is 0.889. The van der Waals surface area contributed by atoms with Gasteiger partial charge in [-0.2, -0.15) is 0 Å². The number of hydrogen-bond donors (Lipinski definition) is 2. The molecule has 116 valence electrons. The Morgan fingerprint density at radius 3 is 2.57 bits per heavy atom. The molecular formula is C14H21N3O3S. The number of urea groups is 1. The number of amides is 2. The number of nitrogens with zero attached hydrogens (tertiary/aromatic N) is 1. The molecule has 1 atom stereocenters. The van der Waals surface area contributed by atoms with Gasteiger partial charge in [0, 0.05) is 24.8 Å². The van der Waals surface area contributed by atoms with Crippen LogP contribution >= 0.6 is 0 Å². The molecule has 0 aromatic heterocycles. The summed E-state index contributed by atoms with van der Waals surface area (Å²) in [6, 6.07) is 7.04. The molecule has 0 bridgehead atoms. The number of hydrogen-bond acceptors (Lipinski definition) is 3. The zero-order valence-corrected chi connectivity index (χ0v) is 13.1. The van der Waals surface area contributed by atoms with Crippen molar-refractivity contribution >= 4 is 21.7 Å². The Balaban J connectivity index is 1.89. The third-order valence-corrected chi connectivity index (χ3v) is 4.77. The second-order valence-electron chi connectivity index (χ2n) is 5.42. The molecule has 2 amide bonds. The van der Waals surface area contributed by atoms with Gasteiger partial charge in [-0.25, -0.2) is 17.5 Å². The van der Waals surface area contributed by atoms with E-state index in [0.717, 1.165) is 18.4 Å². The molecule has 1 fully saturated rings. The zero-order chi connectivity index (χ0) is 15.5. The minimum atomic E-state index is -3.20. The Morgan fingerprint density at radius 1 is 1.29 bits per heavy atom. The highest BCUT2D eigenvalue weighted by molar-refractivity contribution is 7.88. The largest absolute Gasteiger partial charge is 0.334 e. The van der Waals surface area contributed by atoms with Crippen LogP contribution in [0.1, 0.15) is 18.4 Å². The van der Waals surface area contributed by atoms with Crippen LogP contribution < -0.4 is 10.6 Å². The van der Waals surface area contributed by atoms with Gasteiger partial charge in [0.2, 0.25) is 10.0 Å². The predicted octanol–water partition coefficient (Wildman–Crippen LogP) is 1.54. The first kappa shape index (κ1) is 15.8. The number of carbonyl (C=O) groups is 1. The number of anilines is 1. The first-order chi connectivity index (χ1) is 9.84. The molecular weight excluding hydrogens is 290 g/mol. The summed E-state index contributed by atoms with van der Waals surface area (Å²) < 4.78 is 24.5. The van der Waals surface area contributed by atoms with Crippen molar-refractivity contribution in [2.45, 2.75) is 25.8 Å². The van der Waals surface area contributed by atoms with Gasteiger partial charge in [0.1, 0.15) is 0 Å². The van der Waals surface area contributed by atoms with Gasteiger partial charge in [-0.15, -0.1) is 0 Å². The molecule has 7 heteroatoms. The predicted molar refractivity (Wildman–Crippen MR) is 82.8 cm³/mol. The lowest BCUT2D eigenvalue weighted by Crippen LogP contribution is -2.50. The third-order valence-electron chi connectivity index (χ3n) is 3.50. The van der Waals surface area contributed by atoms with E-state index in [-0.39, 0.29) is 12.1 Å². The Morgan fingerprint density at radius 2 is 1.95 bits per heavy atom. The molecule has 0 radical (unpaired) electrons. The fourth-order valence-corrected chi connectivity index (χ4v) is 3.26. The first-order valence-electron chi connectivity index (χ1n) is 6.94. The smallest absolute Gasteiger partial charge is 0.319 e. The van der Waals surface area contributed by atoms with Crippen molar-refractivity contribution in [2.24, 2.45) is 0 Å². The van der Waals surface area contributed by atoms with Gasteiger partial charge in [0.25, 0.3) is 0 Å². The summed E-state index contributed by atoms with van der Waals surface area (Å²) in [4.78, 5) is 11.9. The van der Waals surface area contributed by atoms with E-state index in [2.05, 4.69) is 10.6 Å². The van der Waals surface area contributed by atoms with Crippen LogP contribution in [0.2, 0.25) is 0 Å². The van der Waals surface area contributed by atoms with Crippen LogP contribution in [0.3, 0.4) is 0 Å². The third kappa shape index (κ3) is 4.71. The lowest BCUT2D eigenvalue weighted by Gasteiger charge is -2.31. The van der Waals surface area contributed by atoms with E-state index in [1.807, 2.05) is 31.2 Å². The van der Waals surface area contributed by atoms with Crippen molar-refractivity contribution in [1.82, 2.24) is 9.62 Å². The number of carbonyl (C=O) groups excluding carboxylic acids is 1. The van der Waals surface area contributed by atoms with E-state index >= 15 is 0 Å². The van der Waals surface area contributed by atoms with Gasteiger partial charge >= 0.3 is 6.03 Å².